The van der Waals surface area contributed by atoms with E-state index in [-0.39, 0.29) is 0 Å². The van der Waals surface area contributed by atoms with E-state index >= 15 is 0 Å². The summed E-state index contributed by atoms with van der Waals surface area (Å²) in [6.45, 7) is 9.19. The highest BCUT2D eigenvalue weighted by atomic mass is 16.5. The molecule has 0 N–H and O–H groups in total. The van der Waals surface area contributed by atoms with Crippen molar-refractivity contribution in [2.24, 2.45) is 0 Å². The molecule has 0 saturated heterocycles. The SMILES string of the molecule is CCOc1cc(C)c(C)cc1CC. The Hall–Kier alpha value is -0.980. The Morgan fingerprint density at radius 2 is 1.69 bits per heavy atom. The highest BCUT2D eigenvalue weighted by molar-refractivity contribution is 5.41. The number of hydrogen-bond donors (Lipinski definition) is 0. The molecule has 0 saturated carbocycles. The van der Waals surface area contributed by atoms with Crippen LogP contribution in [0, 0.1) is 13.8 Å². The first-order chi connectivity index (χ1) is 6.19. The van der Waals surface area contributed by atoms with Crippen molar-refractivity contribution >= 4 is 0 Å². The third-order valence-electron chi connectivity index (χ3n) is 2.36. The number of rotatable bonds is 3. The first-order valence-electron chi connectivity index (χ1n) is 4.92. The molecule has 0 aromatic heterocycles. The van der Waals surface area contributed by atoms with Crippen LogP contribution in [0.15, 0.2) is 12.1 Å². The van der Waals surface area contributed by atoms with Gasteiger partial charge in [-0.1, -0.05) is 13.0 Å². The molecular weight excluding hydrogens is 160 g/mol. The molecular formula is C12H18O. The van der Waals surface area contributed by atoms with Crippen LogP contribution in [0.1, 0.15) is 30.5 Å². The molecule has 0 radical (unpaired) electrons. The summed E-state index contributed by atoms with van der Waals surface area (Å²) in [5.41, 5.74) is 3.96. The number of benzene rings is 1. The molecule has 1 heteroatoms. The molecule has 1 aromatic carbocycles. The van der Waals surface area contributed by atoms with Gasteiger partial charge < -0.3 is 4.74 Å². The van der Waals surface area contributed by atoms with Gasteiger partial charge in [0.15, 0.2) is 0 Å². The van der Waals surface area contributed by atoms with Gasteiger partial charge in [-0.15, -0.1) is 0 Å². The van der Waals surface area contributed by atoms with Crippen LogP contribution in [0.2, 0.25) is 0 Å². The minimum atomic E-state index is 0.746. The maximum atomic E-state index is 5.56. The Kier molecular flexibility index (Phi) is 3.35. The molecule has 0 heterocycles. The van der Waals surface area contributed by atoms with Crippen LogP contribution in [0.3, 0.4) is 0 Å². The van der Waals surface area contributed by atoms with E-state index in [1.807, 2.05) is 6.92 Å². The molecule has 0 fully saturated rings. The van der Waals surface area contributed by atoms with Gasteiger partial charge in [-0.2, -0.15) is 0 Å². The summed E-state index contributed by atoms with van der Waals surface area (Å²) < 4.78 is 5.56. The molecule has 0 spiro atoms. The number of aryl methyl sites for hydroxylation is 3. The van der Waals surface area contributed by atoms with E-state index in [0.717, 1.165) is 18.8 Å². The smallest absolute Gasteiger partial charge is 0.122 e. The summed E-state index contributed by atoms with van der Waals surface area (Å²) in [4.78, 5) is 0. The van der Waals surface area contributed by atoms with Crippen LogP contribution in [-0.2, 0) is 6.42 Å². The fourth-order valence-electron chi connectivity index (χ4n) is 1.42. The summed E-state index contributed by atoms with van der Waals surface area (Å²) in [6.07, 6.45) is 1.04. The van der Waals surface area contributed by atoms with E-state index < -0.39 is 0 Å². The minimum Gasteiger partial charge on any atom is -0.494 e. The van der Waals surface area contributed by atoms with Crippen molar-refractivity contribution in [3.63, 3.8) is 0 Å². The van der Waals surface area contributed by atoms with Crippen molar-refractivity contribution in [3.05, 3.63) is 28.8 Å². The van der Waals surface area contributed by atoms with Gasteiger partial charge in [-0.3, -0.25) is 0 Å². The van der Waals surface area contributed by atoms with E-state index in [4.69, 9.17) is 4.74 Å². The van der Waals surface area contributed by atoms with Crippen LogP contribution >= 0.6 is 0 Å². The van der Waals surface area contributed by atoms with E-state index in [0.29, 0.717) is 0 Å². The van der Waals surface area contributed by atoms with Crippen LogP contribution < -0.4 is 4.74 Å². The monoisotopic (exact) mass is 178 g/mol. The van der Waals surface area contributed by atoms with Gasteiger partial charge >= 0.3 is 0 Å². The van der Waals surface area contributed by atoms with E-state index in [1.165, 1.54) is 16.7 Å². The fraction of sp³-hybridized carbons (Fsp3) is 0.500. The third kappa shape index (κ3) is 2.24. The first kappa shape index (κ1) is 10.1. The zero-order chi connectivity index (χ0) is 9.84. The lowest BCUT2D eigenvalue weighted by molar-refractivity contribution is 0.336. The molecule has 1 nitrogen and oxygen atoms in total. The van der Waals surface area contributed by atoms with Crippen LogP contribution in [0.4, 0.5) is 0 Å². The van der Waals surface area contributed by atoms with Crippen LogP contribution in [-0.4, -0.2) is 6.61 Å². The zero-order valence-electron chi connectivity index (χ0n) is 8.98. The Labute approximate surface area is 80.7 Å². The summed E-state index contributed by atoms with van der Waals surface area (Å²) >= 11 is 0. The van der Waals surface area contributed by atoms with Gasteiger partial charge in [0.1, 0.15) is 5.75 Å². The molecule has 0 atom stereocenters. The number of ether oxygens (including phenoxy) is 1. The Morgan fingerprint density at radius 3 is 2.23 bits per heavy atom. The minimum absolute atomic E-state index is 0.746. The van der Waals surface area contributed by atoms with Crippen LogP contribution in [0.5, 0.6) is 5.75 Å². The van der Waals surface area contributed by atoms with E-state index in [1.54, 1.807) is 0 Å². The highest BCUT2D eigenvalue weighted by Crippen LogP contribution is 2.23. The van der Waals surface area contributed by atoms with Gasteiger partial charge in [0.2, 0.25) is 0 Å². The molecule has 1 rings (SSSR count). The molecule has 72 valence electrons. The lowest BCUT2D eigenvalue weighted by atomic mass is 10.0. The molecule has 1 aromatic rings. The maximum absolute atomic E-state index is 5.56. The summed E-state index contributed by atoms with van der Waals surface area (Å²) in [5.74, 6) is 1.05. The zero-order valence-corrected chi connectivity index (χ0v) is 8.98. The molecule has 0 unspecified atom stereocenters. The van der Waals surface area contributed by atoms with Gasteiger partial charge in [-0.25, -0.2) is 0 Å². The highest BCUT2D eigenvalue weighted by Gasteiger charge is 2.03. The second-order valence-corrected chi connectivity index (χ2v) is 3.33. The lowest BCUT2D eigenvalue weighted by Gasteiger charge is -2.11. The average Bonchev–Trinajstić information content (AvgIpc) is 2.11. The number of hydrogen-bond acceptors (Lipinski definition) is 1. The van der Waals surface area contributed by atoms with Gasteiger partial charge in [0.05, 0.1) is 6.61 Å². The molecule has 13 heavy (non-hydrogen) atoms. The van der Waals surface area contributed by atoms with Gasteiger partial charge in [-0.05, 0) is 49.9 Å². The van der Waals surface area contributed by atoms with E-state index in [2.05, 4.69) is 32.9 Å². The topological polar surface area (TPSA) is 9.23 Å². The Bertz CT molecular complexity index is 289. The average molecular weight is 178 g/mol. The standard InChI is InChI=1S/C12H18O/c1-5-11-7-9(3)10(4)8-12(11)13-6-2/h7-8H,5-6H2,1-4H3. The summed E-state index contributed by atoms with van der Waals surface area (Å²) in [5, 5.41) is 0. The molecule has 0 aliphatic heterocycles. The molecule has 0 amide bonds. The quantitative estimate of drug-likeness (QED) is 0.690. The lowest BCUT2D eigenvalue weighted by Crippen LogP contribution is -1.97. The maximum Gasteiger partial charge on any atom is 0.122 e. The fourth-order valence-corrected chi connectivity index (χ4v) is 1.42. The van der Waals surface area contributed by atoms with Crippen molar-refractivity contribution in [2.45, 2.75) is 34.1 Å². The molecule has 0 bridgehead atoms. The Morgan fingerprint density at radius 1 is 1.08 bits per heavy atom. The largest absolute Gasteiger partial charge is 0.494 e. The van der Waals surface area contributed by atoms with Crippen molar-refractivity contribution in [3.8, 4) is 5.75 Å². The summed E-state index contributed by atoms with van der Waals surface area (Å²) in [6, 6.07) is 4.36. The van der Waals surface area contributed by atoms with Gasteiger partial charge in [0, 0.05) is 0 Å². The predicted octanol–water partition coefficient (Wildman–Crippen LogP) is 3.26. The third-order valence-corrected chi connectivity index (χ3v) is 2.36. The first-order valence-corrected chi connectivity index (χ1v) is 4.92. The molecule has 0 aliphatic carbocycles. The van der Waals surface area contributed by atoms with Gasteiger partial charge in [0.25, 0.3) is 0 Å². The second kappa shape index (κ2) is 4.31. The Balaban J connectivity index is 3.09. The van der Waals surface area contributed by atoms with Crippen molar-refractivity contribution in [1.29, 1.82) is 0 Å². The van der Waals surface area contributed by atoms with E-state index in [9.17, 15) is 0 Å². The predicted molar refractivity (Wildman–Crippen MR) is 56.5 cm³/mol. The van der Waals surface area contributed by atoms with Crippen molar-refractivity contribution < 1.29 is 4.74 Å². The van der Waals surface area contributed by atoms with Crippen molar-refractivity contribution in [1.82, 2.24) is 0 Å². The van der Waals surface area contributed by atoms with Crippen LogP contribution in [0.25, 0.3) is 0 Å². The second-order valence-electron chi connectivity index (χ2n) is 3.33. The molecule has 0 aliphatic rings. The summed E-state index contributed by atoms with van der Waals surface area (Å²) in [7, 11) is 0. The van der Waals surface area contributed by atoms with Crippen molar-refractivity contribution in [2.75, 3.05) is 6.61 Å². The normalized spacial score (nSPS) is 10.2.